The molecule has 0 heterocycles. The molecule has 1 aromatic rings. The number of ether oxygens (including phenoxy) is 1. The Morgan fingerprint density at radius 1 is 1.40 bits per heavy atom. The summed E-state index contributed by atoms with van der Waals surface area (Å²) in [4.78, 5) is 11.9. The predicted octanol–water partition coefficient (Wildman–Crippen LogP) is 3.40. The fourth-order valence-corrected chi connectivity index (χ4v) is 2.53. The minimum Gasteiger partial charge on any atom is -0.497 e. The van der Waals surface area contributed by atoms with Gasteiger partial charge in [-0.15, -0.1) is 11.6 Å². The predicted molar refractivity (Wildman–Crippen MR) is 83.4 cm³/mol. The number of hydrogen-bond acceptors (Lipinski definition) is 2. The van der Waals surface area contributed by atoms with Gasteiger partial charge in [0.2, 0.25) is 5.91 Å². The molecule has 0 aliphatic rings. The molecule has 0 aromatic heterocycles. The zero-order valence-electron chi connectivity index (χ0n) is 12.7. The molecule has 3 nitrogen and oxygen atoms in total. The highest BCUT2D eigenvalue weighted by molar-refractivity contribution is 6.20. The van der Waals surface area contributed by atoms with Crippen LogP contribution in [-0.4, -0.2) is 24.9 Å². The van der Waals surface area contributed by atoms with Crippen LogP contribution in [0.4, 0.5) is 0 Å². The number of rotatable bonds is 6. The summed E-state index contributed by atoms with van der Waals surface area (Å²) in [6, 6.07) is 7.52. The van der Waals surface area contributed by atoms with E-state index in [0.29, 0.717) is 13.0 Å². The molecule has 1 amide bonds. The fraction of sp³-hybridized carbons (Fsp3) is 0.562. The standard InChI is InChI=1S/C16H24ClNO2/c1-16(2,3)10-13(17)11-18-15(19)9-12-6-5-7-14(8-12)20-4/h5-8,13H,9-11H2,1-4H3,(H,18,19). The zero-order chi connectivity index (χ0) is 15.2. The molecule has 1 aromatic carbocycles. The van der Waals surface area contributed by atoms with Crippen LogP contribution in [0.5, 0.6) is 5.75 Å². The van der Waals surface area contributed by atoms with Crippen molar-refractivity contribution in [1.82, 2.24) is 5.32 Å². The third-order valence-electron chi connectivity index (χ3n) is 2.85. The van der Waals surface area contributed by atoms with Crippen molar-refractivity contribution in [2.24, 2.45) is 5.41 Å². The molecule has 0 saturated heterocycles. The Balaban J connectivity index is 2.40. The van der Waals surface area contributed by atoms with Crippen molar-refractivity contribution in [2.75, 3.05) is 13.7 Å². The molecule has 112 valence electrons. The van der Waals surface area contributed by atoms with Gasteiger partial charge in [-0.1, -0.05) is 32.9 Å². The summed E-state index contributed by atoms with van der Waals surface area (Å²) in [6.07, 6.45) is 1.21. The SMILES string of the molecule is COc1cccc(CC(=O)NCC(Cl)CC(C)(C)C)c1. The van der Waals surface area contributed by atoms with Gasteiger partial charge in [0.05, 0.1) is 18.9 Å². The quantitative estimate of drug-likeness (QED) is 0.817. The molecule has 0 aliphatic heterocycles. The molecular weight excluding hydrogens is 274 g/mol. The lowest BCUT2D eigenvalue weighted by Gasteiger charge is -2.22. The van der Waals surface area contributed by atoms with Gasteiger partial charge in [0.25, 0.3) is 0 Å². The summed E-state index contributed by atoms with van der Waals surface area (Å²) in [7, 11) is 1.61. The maximum atomic E-state index is 11.9. The number of carbonyl (C=O) groups excluding carboxylic acids is 1. The third-order valence-corrected chi connectivity index (χ3v) is 3.16. The number of nitrogens with one attached hydrogen (secondary N) is 1. The van der Waals surface area contributed by atoms with E-state index in [4.69, 9.17) is 16.3 Å². The zero-order valence-corrected chi connectivity index (χ0v) is 13.5. The second-order valence-corrected chi connectivity index (χ2v) is 6.81. The lowest BCUT2D eigenvalue weighted by molar-refractivity contribution is -0.120. The molecule has 0 fully saturated rings. The van der Waals surface area contributed by atoms with Gasteiger partial charge in [-0.25, -0.2) is 0 Å². The summed E-state index contributed by atoms with van der Waals surface area (Å²) in [5.74, 6) is 0.746. The van der Waals surface area contributed by atoms with Gasteiger partial charge in [-0.2, -0.15) is 0 Å². The maximum Gasteiger partial charge on any atom is 0.224 e. The number of alkyl halides is 1. The summed E-state index contributed by atoms with van der Waals surface area (Å²) in [6.45, 7) is 6.92. The number of carbonyl (C=O) groups is 1. The molecule has 0 bridgehead atoms. The van der Waals surface area contributed by atoms with Gasteiger partial charge in [0, 0.05) is 6.54 Å². The van der Waals surface area contributed by atoms with E-state index in [2.05, 4.69) is 26.1 Å². The van der Waals surface area contributed by atoms with Crippen molar-refractivity contribution in [3.8, 4) is 5.75 Å². The fourth-order valence-electron chi connectivity index (χ4n) is 1.99. The van der Waals surface area contributed by atoms with E-state index in [1.54, 1.807) is 7.11 Å². The van der Waals surface area contributed by atoms with Crippen molar-refractivity contribution in [2.45, 2.75) is 39.0 Å². The van der Waals surface area contributed by atoms with E-state index >= 15 is 0 Å². The van der Waals surface area contributed by atoms with E-state index in [1.165, 1.54) is 0 Å². The van der Waals surface area contributed by atoms with Crippen LogP contribution >= 0.6 is 11.6 Å². The smallest absolute Gasteiger partial charge is 0.224 e. The van der Waals surface area contributed by atoms with Crippen LogP contribution in [0.3, 0.4) is 0 Å². The minimum absolute atomic E-state index is 0.0159. The first-order valence-electron chi connectivity index (χ1n) is 6.84. The minimum atomic E-state index is -0.0377. The molecule has 0 aliphatic carbocycles. The lowest BCUT2D eigenvalue weighted by Crippen LogP contribution is -2.32. The van der Waals surface area contributed by atoms with Crippen LogP contribution in [0.25, 0.3) is 0 Å². The van der Waals surface area contributed by atoms with Crippen LogP contribution in [0, 0.1) is 5.41 Å². The molecule has 0 radical (unpaired) electrons. The largest absolute Gasteiger partial charge is 0.497 e. The van der Waals surface area contributed by atoms with Gasteiger partial charge < -0.3 is 10.1 Å². The Kier molecular flexibility index (Phi) is 6.34. The average Bonchev–Trinajstić information content (AvgIpc) is 2.34. The topological polar surface area (TPSA) is 38.3 Å². The van der Waals surface area contributed by atoms with Crippen LogP contribution in [-0.2, 0) is 11.2 Å². The summed E-state index contributed by atoms with van der Waals surface area (Å²) >= 11 is 6.23. The number of halogens is 1. The molecule has 4 heteroatoms. The van der Waals surface area contributed by atoms with Crippen LogP contribution in [0.1, 0.15) is 32.8 Å². The van der Waals surface area contributed by atoms with E-state index in [-0.39, 0.29) is 16.7 Å². The van der Waals surface area contributed by atoms with Crippen molar-refractivity contribution in [1.29, 1.82) is 0 Å². The van der Waals surface area contributed by atoms with Crippen LogP contribution in [0.2, 0.25) is 0 Å². The lowest BCUT2D eigenvalue weighted by atomic mass is 9.90. The monoisotopic (exact) mass is 297 g/mol. The highest BCUT2D eigenvalue weighted by Crippen LogP contribution is 2.23. The molecular formula is C16H24ClNO2. The van der Waals surface area contributed by atoms with Crippen molar-refractivity contribution in [3.63, 3.8) is 0 Å². The second kappa shape index (κ2) is 7.53. The molecule has 0 saturated carbocycles. The molecule has 1 N–H and O–H groups in total. The average molecular weight is 298 g/mol. The van der Waals surface area contributed by atoms with E-state index in [9.17, 15) is 4.79 Å². The highest BCUT2D eigenvalue weighted by atomic mass is 35.5. The third kappa shape index (κ3) is 6.80. The first-order valence-corrected chi connectivity index (χ1v) is 7.27. The number of hydrogen-bond donors (Lipinski definition) is 1. The Morgan fingerprint density at radius 3 is 2.70 bits per heavy atom. The molecule has 1 atom stereocenters. The van der Waals surface area contributed by atoms with Crippen molar-refractivity contribution >= 4 is 17.5 Å². The number of amides is 1. The van der Waals surface area contributed by atoms with Gasteiger partial charge in [0.1, 0.15) is 5.75 Å². The summed E-state index contributed by atoms with van der Waals surface area (Å²) in [5.41, 5.74) is 1.10. The normalized spacial score (nSPS) is 12.8. The molecule has 0 spiro atoms. The van der Waals surface area contributed by atoms with Crippen LogP contribution < -0.4 is 10.1 Å². The first kappa shape index (κ1) is 16.8. The summed E-state index contributed by atoms with van der Waals surface area (Å²) in [5, 5.41) is 2.84. The highest BCUT2D eigenvalue weighted by Gasteiger charge is 2.17. The Labute approximate surface area is 126 Å². The first-order chi connectivity index (χ1) is 9.30. The maximum absolute atomic E-state index is 11.9. The second-order valence-electron chi connectivity index (χ2n) is 6.19. The van der Waals surface area contributed by atoms with E-state index < -0.39 is 0 Å². The van der Waals surface area contributed by atoms with Crippen LogP contribution in [0.15, 0.2) is 24.3 Å². The van der Waals surface area contributed by atoms with Gasteiger partial charge >= 0.3 is 0 Å². The Morgan fingerprint density at radius 2 is 2.10 bits per heavy atom. The molecule has 20 heavy (non-hydrogen) atoms. The Hall–Kier alpha value is -1.22. The number of benzene rings is 1. The molecule has 1 rings (SSSR count). The van der Waals surface area contributed by atoms with Crippen molar-refractivity contribution in [3.05, 3.63) is 29.8 Å². The van der Waals surface area contributed by atoms with Gasteiger partial charge in [-0.3, -0.25) is 4.79 Å². The summed E-state index contributed by atoms with van der Waals surface area (Å²) < 4.78 is 5.14. The van der Waals surface area contributed by atoms with E-state index in [0.717, 1.165) is 17.7 Å². The van der Waals surface area contributed by atoms with Crippen molar-refractivity contribution < 1.29 is 9.53 Å². The van der Waals surface area contributed by atoms with Gasteiger partial charge in [0.15, 0.2) is 0 Å². The molecule has 1 unspecified atom stereocenters. The Bertz CT molecular complexity index is 440. The van der Waals surface area contributed by atoms with E-state index in [1.807, 2.05) is 24.3 Å². The van der Waals surface area contributed by atoms with Gasteiger partial charge in [-0.05, 0) is 29.5 Å². The number of methoxy groups -OCH3 is 1.